The molecule has 0 radical (unpaired) electrons. The van der Waals surface area contributed by atoms with Crippen LogP contribution >= 0.6 is 11.8 Å². The van der Waals surface area contributed by atoms with Crippen LogP contribution in [0.3, 0.4) is 0 Å². The van der Waals surface area contributed by atoms with Gasteiger partial charge in [0, 0.05) is 23.2 Å². The maximum Gasteiger partial charge on any atom is 0.234 e. The fourth-order valence-corrected chi connectivity index (χ4v) is 4.43. The van der Waals surface area contributed by atoms with E-state index in [-0.39, 0.29) is 11.2 Å². The molecule has 0 saturated carbocycles. The molecule has 1 unspecified atom stereocenters. The number of carbonyl (C=O) groups excluding carboxylic acids is 1. The van der Waals surface area contributed by atoms with Crippen LogP contribution < -0.4 is 14.8 Å². The molecule has 2 heterocycles. The van der Waals surface area contributed by atoms with Crippen LogP contribution in [0.25, 0.3) is 0 Å². The van der Waals surface area contributed by atoms with E-state index < -0.39 is 0 Å². The van der Waals surface area contributed by atoms with E-state index in [1.165, 1.54) is 10.5 Å². The van der Waals surface area contributed by atoms with Crippen molar-refractivity contribution in [2.45, 2.75) is 36.5 Å². The molecule has 0 saturated heterocycles. The van der Waals surface area contributed by atoms with E-state index in [0.717, 1.165) is 24.2 Å². The quantitative estimate of drug-likeness (QED) is 0.556. The van der Waals surface area contributed by atoms with E-state index in [1.54, 1.807) is 18.0 Å². The molecule has 1 atom stereocenters. The van der Waals surface area contributed by atoms with Crippen LogP contribution in [0.5, 0.6) is 17.4 Å². The monoisotopic (exact) mass is 420 g/mol. The Labute approximate surface area is 180 Å². The van der Waals surface area contributed by atoms with Crippen molar-refractivity contribution >= 4 is 17.7 Å². The van der Waals surface area contributed by atoms with Crippen LogP contribution in [0.2, 0.25) is 0 Å². The molecular formula is C24H24N2O3S. The van der Waals surface area contributed by atoms with E-state index in [0.29, 0.717) is 24.8 Å². The summed E-state index contributed by atoms with van der Waals surface area (Å²) in [5, 5.41) is 2.94. The highest BCUT2D eigenvalue weighted by Gasteiger charge is 2.27. The second kappa shape index (κ2) is 9.67. The van der Waals surface area contributed by atoms with Gasteiger partial charge >= 0.3 is 0 Å². The Morgan fingerprint density at radius 1 is 1.10 bits per heavy atom. The van der Waals surface area contributed by atoms with Crippen molar-refractivity contribution < 1.29 is 14.3 Å². The summed E-state index contributed by atoms with van der Waals surface area (Å²) in [6.45, 7) is 3.13. The molecule has 2 aromatic carbocycles. The van der Waals surface area contributed by atoms with E-state index in [1.807, 2.05) is 48.5 Å². The van der Waals surface area contributed by atoms with Crippen LogP contribution in [-0.4, -0.2) is 22.7 Å². The van der Waals surface area contributed by atoms with Gasteiger partial charge in [0.05, 0.1) is 11.9 Å². The SMILES string of the molecule is CCCOc1ccc(Oc2ncccc2CNC(=O)C2Cc3ccccc3S2)cc1. The Kier molecular flexibility index (Phi) is 6.54. The predicted octanol–water partition coefficient (Wildman–Crippen LogP) is 5.00. The second-order valence-electron chi connectivity index (χ2n) is 7.03. The zero-order valence-corrected chi connectivity index (χ0v) is 17.7. The third kappa shape index (κ3) is 4.94. The van der Waals surface area contributed by atoms with Crippen molar-refractivity contribution in [1.29, 1.82) is 0 Å². The van der Waals surface area contributed by atoms with Gasteiger partial charge in [-0.05, 0) is 54.8 Å². The third-order valence-electron chi connectivity index (χ3n) is 4.75. The normalized spacial score (nSPS) is 14.8. The number of ether oxygens (including phenoxy) is 2. The maximum atomic E-state index is 12.7. The average molecular weight is 421 g/mol. The number of amides is 1. The summed E-state index contributed by atoms with van der Waals surface area (Å²) in [4.78, 5) is 18.2. The first-order valence-electron chi connectivity index (χ1n) is 10.1. The Morgan fingerprint density at radius 2 is 1.90 bits per heavy atom. The van der Waals surface area contributed by atoms with Gasteiger partial charge < -0.3 is 14.8 Å². The number of nitrogens with one attached hydrogen (secondary N) is 1. The number of pyridine rings is 1. The van der Waals surface area contributed by atoms with Crippen molar-refractivity contribution in [2.75, 3.05) is 6.61 Å². The van der Waals surface area contributed by atoms with Crippen molar-refractivity contribution in [3.05, 3.63) is 78.0 Å². The first-order valence-corrected chi connectivity index (χ1v) is 11.0. The largest absolute Gasteiger partial charge is 0.494 e. The molecule has 1 amide bonds. The van der Waals surface area contributed by atoms with Crippen molar-refractivity contribution in [3.63, 3.8) is 0 Å². The summed E-state index contributed by atoms with van der Waals surface area (Å²) >= 11 is 1.62. The Balaban J connectivity index is 1.36. The van der Waals surface area contributed by atoms with Gasteiger partial charge in [0.15, 0.2) is 0 Å². The minimum atomic E-state index is -0.0981. The lowest BCUT2D eigenvalue weighted by molar-refractivity contribution is -0.120. The van der Waals surface area contributed by atoms with Gasteiger partial charge in [-0.25, -0.2) is 4.98 Å². The lowest BCUT2D eigenvalue weighted by Gasteiger charge is -2.13. The van der Waals surface area contributed by atoms with Gasteiger partial charge in [-0.3, -0.25) is 4.79 Å². The molecule has 4 rings (SSSR count). The maximum absolute atomic E-state index is 12.7. The highest BCUT2D eigenvalue weighted by atomic mass is 32.2. The van der Waals surface area contributed by atoms with Crippen LogP contribution in [0.15, 0.2) is 71.8 Å². The van der Waals surface area contributed by atoms with Crippen LogP contribution in [-0.2, 0) is 17.8 Å². The number of thioether (sulfide) groups is 1. The number of hydrogen-bond donors (Lipinski definition) is 1. The molecule has 154 valence electrons. The second-order valence-corrected chi connectivity index (χ2v) is 8.27. The van der Waals surface area contributed by atoms with Crippen LogP contribution in [0.1, 0.15) is 24.5 Å². The van der Waals surface area contributed by atoms with Gasteiger partial charge in [0.1, 0.15) is 11.5 Å². The first kappa shape index (κ1) is 20.3. The molecule has 1 aliphatic rings. The van der Waals surface area contributed by atoms with Crippen molar-refractivity contribution in [3.8, 4) is 17.4 Å². The Hall–Kier alpha value is -2.99. The molecule has 0 spiro atoms. The van der Waals surface area contributed by atoms with Gasteiger partial charge in [-0.2, -0.15) is 0 Å². The zero-order valence-electron chi connectivity index (χ0n) is 16.8. The van der Waals surface area contributed by atoms with Crippen molar-refractivity contribution in [1.82, 2.24) is 10.3 Å². The predicted molar refractivity (Wildman–Crippen MR) is 118 cm³/mol. The van der Waals surface area contributed by atoms with E-state index >= 15 is 0 Å². The number of fused-ring (bicyclic) bond motifs is 1. The van der Waals surface area contributed by atoms with E-state index in [2.05, 4.69) is 29.4 Å². The number of hydrogen-bond acceptors (Lipinski definition) is 5. The van der Waals surface area contributed by atoms with Gasteiger partial charge in [0.2, 0.25) is 11.8 Å². The summed E-state index contributed by atoms with van der Waals surface area (Å²) in [6, 6.07) is 19.4. The summed E-state index contributed by atoms with van der Waals surface area (Å²) in [5.41, 5.74) is 2.07. The van der Waals surface area contributed by atoms with E-state index in [9.17, 15) is 4.79 Å². The molecule has 3 aromatic rings. The fraction of sp³-hybridized carbons (Fsp3) is 0.250. The summed E-state index contributed by atoms with van der Waals surface area (Å²) in [6.07, 6.45) is 3.41. The van der Waals surface area contributed by atoms with Crippen LogP contribution in [0.4, 0.5) is 0 Å². The Bertz CT molecular complexity index is 982. The molecule has 5 nitrogen and oxygen atoms in total. The average Bonchev–Trinajstić information content (AvgIpc) is 3.22. The lowest BCUT2D eigenvalue weighted by atomic mass is 10.1. The molecule has 1 aliphatic heterocycles. The van der Waals surface area contributed by atoms with Gasteiger partial charge in [0.25, 0.3) is 0 Å². The number of carbonyl (C=O) groups is 1. The highest BCUT2D eigenvalue weighted by Crippen LogP contribution is 2.36. The van der Waals surface area contributed by atoms with Crippen LogP contribution in [0, 0.1) is 0 Å². The number of benzene rings is 2. The lowest BCUT2D eigenvalue weighted by Crippen LogP contribution is -2.32. The smallest absolute Gasteiger partial charge is 0.234 e. The van der Waals surface area contributed by atoms with E-state index in [4.69, 9.17) is 9.47 Å². The minimum Gasteiger partial charge on any atom is -0.494 e. The standard InChI is InChI=1S/C24H24N2O3S/c1-2-14-28-19-9-11-20(12-10-19)29-24-18(7-5-13-25-24)16-26-23(27)22-15-17-6-3-4-8-21(17)30-22/h3-13,22H,2,14-16H2,1H3,(H,26,27). The zero-order chi connectivity index (χ0) is 20.8. The van der Waals surface area contributed by atoms with Gasteiger partial charge in [-0.1, -0.05) is 31.2 Å². The minimum absolute atomic E-state index is 0.0310. The fourth-order valence-electron chi connectivity index (χ4n) is 3.21. The summed E-state index contributed by atoms with van der Waals surface area (Å²) < 4.78 is 11.6. The molecular weight excluding hydrogens is 396 g/mol. The van der Waals surface area contributed by atoms with Gasteiger partial charge in [-0.15, -0.1) is 11.8 Å². The molecule has 30 heavy (non-hydrogen) atoms. The molecule has 1 aromatic heterocycles. The molecule has 1 N–H and O–H groups in total. The number of aromatic nitrogens is 1. The topological polar surface area (TPSA) is 60.5 Å². The molecule has 0 fully saturated rings. The summed E-state index contributed by atoms with van der Waals surface area (Å²) in [5.74, 6) is 2.01. The number of nitrogens with zero attached hydrogens (tertiary/aromatic N) is 1. The van der Waals surface area contributed by atoms with Crippen molar-refractivity contribution in [2.24, 2.45) is 0 Å². The molecule has 6 heteroatoms. The summed E-state index contributed by atoms with van der Waals surface area (Å²) in [7, 11) is 0. The number of rotatable bonds is 8. The molecule has 0 bridgehead atoms. The highest BCUT2D eigenvalue weighted by molar-refractivity contribution is 8.01. The molecule has 0 aliphatic carbocycles. The third-order valence-corrected chi connectivity index (χ3v) is 6.07. The first-order chi connectivity index (χ1) is 14.7. The Morgan fingerprint density at radius 3 is 2.70 bits per heavy atom.